The first kappa shape index (κ1) is 19.5. The zero-order valence-corrected chi connectivity index (χ0v) is 16.8. The highest BCUT2D eigenvalue weighted by molar-refractivity contribution is 5.95. The number of nitrogens with zero attached hydrogens (tertiary/aromatic N) is 2. The SMILES string of the molecule is COc1ccc(C(=O)NN=CC=C2N(C)c3ccccc3C2(C)C)cc1OC. The van der Waals surface area contributed by atoms with E-state index in [1.54, 1.807) is 31.5 Å². The quantitative estimate of drug-likeness (QED) is 0.635. The summed E-state index contributed by atoms with van der Waals surface area (Å²) < 4.78 is 10.4. The molecule has 6 heteroatoms. The van der Waals surface area contributed by atoms with E-state index in [4.69, 9.17) is 9.47 Å². The minimum Gasteiger partial charge on any atom is -0.493 e. The molecular weight excluding hydrogens is 354 g/mol. The lowest BCUT2D eigenvalue weighted by atomic mass is 9.84. The van der Waals surface area contributed by atoms with E-state index in [0.29, 0.717) is 17.1 Å². The average Bonchev–Trinajstić information content (AvgIpc) is 2.90. The summed E-state index contributed by atoms with van der Waals surface area (Å²) in [5.74, 6) is 0.740. The predicted molar refractivity (Wildman–Crippen MR) is 111 cm³/mol. The van der Waals surface area contributed by atoms with Crippen molar-refractivity contribution >= 4 is 17.8 Å². The third-order valence-corrected chi connectivity index (χ3v) is 5.06. The van der Waals surface area contributed by atoms with Crippen molar-refractivity contribution in [2.75, 3.05) is 26.2 Å². The number of hydrazone groups is 1. The van der Waals surface area contributed by atoms with Gasteiger partial charge in [-0.05, 0) is 35.9 Å². The summed E-state index contributed by atoms with van der Waals surface area (Å²) >= 11 is 0. The molecule has 0 aromatic heterocycles. The second-order valence-electron chi connectivity index (χ2n) is 7.04. The molecule has 0 unspecified atom stereocenters. The van der Waals surface area contributed by atoms with Crippen molar-refractivity contribution in [1.29, 1.82) is 0 Å². The van der Waals surface area contributed by atoms with Crippen LogP contribution in [0, 0.1) is 0 Å². The molecule has 28 heavy (non-hydrogen) atoms. The lowest BCUT2D eigenvalue weighted by molar-refractivity contribution is 0.0954. The second kappa shape index (κ2) is 7.76. The van der Waals surface area contributed by atoms with Crippen LogP contribution in [-0.2, 0) is 5.41 Å². The molecule has 0 radical (unpaired) electrons. The van der Waals surface area contributed by atoms with Crippen molar-refractivity contribution in [1.82, 2.24) is 5.43 Å². The van der Waals surface area contributed by atoms with Crippen LogP contribution in [0.2, 0.25) is 0 Å². The summed E-state index contributed by atoms with van der Waals surface area (Å²) in [6, 6.07) is 13.3. The molecule has 1 aliphatic heterocycles. The minimum absolute atomic E-state index is 0.134. The number of fused-ring (bicyclic) bond motifs is 1. The van der Waals surface area contributed by atoms with E-state index >= 15 is 0 Å². The van der Waals surface area contributed by atoms with E-state index in [0.717, 1.165) is 5.70 Å². The average molecular weight is 379 g/mol. The highest BCUT2D eigenvalue weighted by Crippen LogP contribution is 2.46. The zero-order valence-electron chi connectivity index (χ0n) is 16.8. The smallest absolute Gasteiger partial charge is 0.271 e. The molecular formula is C22H25N3O3. The molecule has 3 rings (SSSR count). The van der Waals surface area contributed by atoms with Gasteiger partial charge in [0, 0.05) is 35.6 Å². The Hall–Kier alpha value is -3.28. The van der Waals surface area contributed by atoms with Crippen molar-refractivity contribution < 1.29 is 14.3 Å². The summed E-state index contributed by atoms with van der Waals surface area (Å²) in [5.41, 5.74) is 6.41. The Labute approximate surface area is 165 Å². The topological polar surface area (TPSA) is 63.2 Å². The molecule has 0 atom stereocenters. The molecule has 6 nitrogen and oxygen atoms in total. The van der Waals surface area contributed by atoms with Gasteiger partial charge in [0.2, 0.25) is 0 Å². The molecule has 0 spiro atoms. The van der Waals surface area contributed by atoms with Crippen molar-refractivity contribution in [3.05, 3.63) is 65.4 Å². The molecule has 1 heterocycles. The number of carbonyl (C=O) groups excluding carboxylic acids is 1. The van der Waals surface area contributed by atoms with Gasteiger partial charge in [-0.2, -0.15) is 5.10 Å². The molecule has 2 aromatic carbocycles. The molecule has 2 aromatic rings. The van der Waals surface area contributed by atoms with Crippen molar-refractivity contribution in [3.63, 3.8) is 0 Å². The first-order valence-corrected chi connectivity index (χ1v) is 8.99. The van der Waals surface area contributed by atoms with Crippen LogP contribution in [0.1, 0.15) is 29.8 Å². The number of rotatable bonds is 5. The number of hydrogen-bond acceptors (Lipinski definition) is 5. The number of hydrogen-bond donors (Lipinski definition) is 1. The van der Waals surface area contributed by atoms with Crippen LogP contribution >= 0.6 is 0 Å². The minimum atomic E-state index is -0.321. The van der Waals surface area contributed by atoms with E-state index in [-0.39, 0.29) is 11.3 Å². The van der Waals surface area contributed by atoms with Gasteiger partial charge in [0.05, 0.1) is 14.2 Å². The molecule has 0 saturated heterocycles. The van der Waals surface area contributed by atoms with Gasteiger partial charge < -0.3 is 14.4 Å². The number of para-hydroxylation sites is 1. The Morgan fingerprint density at radius 2 is 1.82 bits per heavy atom. The van der Waals surface area contributed by atoms with E-state index < -0.39 is 0 Å². The standard InChI is InChI=1S/C22H25N3O3/c1-22(2)16-8-6-7-9-17(16)25(3)20(22)12-13-23-24-21(26)15-10-11-18(27-4)19(14-15)28-5/h6-14H,1-5H3,(H,24,26). The first-order valence-electron chi connectivity index (χ1n) is 8.99. The number of allylic oxidation sites excluding steroid dienone is 2. The number of methoxy groups -OCH3 is 2. The molecule has 0 fully saturated rings. The van der Waals surface area contributed by atoms with E-state index in [1.165, 1.54) is 18.4 Å². The molecule has 1 N–H and O–H groups in total. The maximum Gasteiger partial charge on any atom is 0.271 e. The van der Waals surface area contributed by atoms with Gasteiger partial charge in [0.15, 0.2) is 11.5 Å². The Balaban J connectivity index is 1.73. The van der Waals surface area contributed by atoms with E-state index in [2.05, 4.69) is 47.5 Å². The molecule has 0 bridgehead atoms. The van der Waals surface area contributed by atoms with Gasteiger partial charge in [-0.25, -0.2) is 5.43 Å². The number of nitrogens with one attached hydrogen (secondary N) is 1. The lowest BCUT2D eigenvalue weighted by Crippen LogP contribution is -2.23. The Morgan fingerprint density at radius 1 is 1.11 bits per heavy atom. The monoisotopic (exact) mass is 379 g/mol. The molecule has 146 valence electrons. The maximum absolute atomic E-state index is 12.3. The Kier molecular flexibility index (Phi) is 5.40. The van der Waals surface area contributed by atoms with Gasteiger partial charge in [-0.1, -0.05) is 32.0 Å². The number of ether oxygens (including phenoxy) is 2. The molecule has 1 aliphatic rings. The van der Waals surface area contributed by atoms with E-state index in [9.17, 15) is 4.79 Å². The fraction of sp³-hybridized carbons (Fsp3) is 0.273. The van der Waals surface area contributed by atoms with Gasteiger partial charge in [-0.3, -0.25) is 4.79 Å². The van der Waals surface area contributed by atoms with Gasteiger partial charge >= 0.3 is 0 Å². The van der Waals surface area contributed by atoms with Crippen LogP contribution in [0.4, 0.5) is 5.69 Å². The Morgan fingerprint density at radius 3 is 2.50 bits per heavy atom. The summed E-state index contributed by atoms with van der Waals surface area (Å²) in [6.45, 7) is 4.36. The number of likely N-dealkylation sites (N-methyl/N-ethyl adjacent to an activating group) is 1. The van der Waals surface area contributed by atoms with Crippen LogP contribution in [0.5, 0.6) is 11.5 Å². The highest BCUT2D eigenvalue weighted by Gasteiger charge is 2.37. The normalized spacial score (nSPS) is 16.3. The van der Waals surface area contributed by atoms with Gasteiger partial charge in [0.25, 0.3) is 5.91 Å². The third kappa shape index (κ3) is 3.45. The predicted octanol–water partition coefficient (Wildman–Crippen LogP) is 3.73. The van der Waals surface area contributed by atoms with Crippen LogP contribution in [0.15, 0.2) is 59.3 Å². The van der Waals surface area contributed by atoms with Crippen molar-refractivity contribution in [3.8, 4) is 11.5 Å². The fourth-order valence-electron chi connectivity index (χ4n) is 3.55. The van der Waals surface area contributed by atoms with Gasteiger partial charge in [-0.15, -0.1) is 0 Å². The van der Waals surface area contributed by atoms with Crippen LogP contribution in [0.3, 0.4) is 0 Å². The van der Waals surface area contributed by atoms with Crippen molar-refractivity contribution in [2.24, 2.45) is 5.10 Å². The number of anilines is 1. The summed E-state index contributed by atoms with van der Waals surface area (Å²) in [5, 5.41) is 4.07. The molecule has 1 amide bonds. The number of amides is 1. The largest absolute Gasteiger partial charge is 0.493 e. The van der Waals surface area contributed by atoms with Crippen LogP contribution in [0.25, 0.3) is 0 Å². The summed E-state index contributed by atoms with van der Waals surface area (Å²) in [7, 11) is 5.12. The lowest BCUT2D eigenvalue weighted by Gasteiger charge is -2.23. The fourth-order valence-corrected chi connectivity index (χ4v) is 3.55. The Bertz CT molecular complexity index is 948. The third-order valence-electron chi connectivity index (χ3n) is 5.06. The highest BCUT2D eigenvalue weighted by atomic mass is 16.5. The van der Waals surface area contributed by atoms with Crippen LogP contribution in [-0.4, -0.2) is 33.4 Å². The van der Waals surface area contributed by atoms with E-state index in [1.807, 2.05) is 19.2 Å². The first-order chi connectivity index (χ1) is 13.4. The number of benzene rings is 2. The summed E-state index contributed by atoms with van der Waals surface area (Å²) in [4.78, 5) is 14.5. The molecule has 0 aliphatic carbocycles. The summed E-state index contributed by atoms with van der Waals surface area (Å²) in [6.07, 6.45) is 3.53. The van der Waals surface area contributed by atoms with Gasteiger partial charge in [0.1, 0.15) is 0 Å². The molecule has 0 saturated carbocycles. The zero-order chi connectivity index (χ0) is 20.3. The number of carbonyl (C=O) groups is 1. The van der Waals surface area contributed by atoms with Crippen molar-refractivity contribution in [2.45, 2.75) is 19.3 Å². The van der Waals surface area contributed by atoms with Crippen LogP contribution < -0.4 is 19.8 Å². The second-order valence-corrected chi connectivity index (χ2v) is 7.04. The maximum atomic E-state index is 12.3.